The molecule has 0 unspecified atom stereocenters. The third-order valence-electron chi connectivity index (χ3n) is 2.67. The molecule has 0 bridgehead atoms. The lowest BCUT2D eigenvalue weighted by Gasteiger charge is -1.98. The van der Waals surface area contributed by atoms with Gasteiger partial charge in [0.05, 0.1) is 26.5 Å². The molecule has 0 amide bonds. The van der Waals surface area contributed by atoms with Crippen molar-refractivity contribution in [2.24, 2.45) is 0 Å². The number of benzene rings is 1. The lowest BCUT2D eigenvalue weighted by atomic mass is 10.2. The van der Waals surface area contributed by atoms with Crippen LogP contribution >= 0.6 is 34.5 Å². The molecule has 0 aliphatic rings. The summed E-state index contributed by atoms with van der Waals surface area (Å²) in [6, 6.07) is 5.80. The summed E-state index contributed by atoms with van der Waals surface area (Å²) < 4.78 is 5.40. The number of halogens is 1. The molecule has 1 N–H and O–H groups in total. The number of thiazole rings is 1. The van der Waals surface area contributed by atoms with Crippen LogP contribution in [0.5, 0.6) is 0 Å². The third-order valence-corrected chi connectivity index (χ3v) is 5.18. The average molecular weight is 296 g/mol. The second-order valence-corrected chi connectivity index (χ2v) is 6.01. The van der Waals surface area contributed by atoms with Crippen molar-refractivity contribution in [3.63, 3.8) is 0 Å². The highest BCUT2D eigenvalue weighted by Gasteiger charge is 2.16. The predicted octanol–water partition coefficient (Wildman–Crippen LogP) is 4.42. The molecule has 0 saturated carbocycles. The van der Waals surface area contributed by atoms with Gasteiger partial charge in [-0.05, 0) is 30.6 Å². The van der Waals surface area contributed by atoms with Crippen LogP contribution in [0.4, 0.5) is 5.00 Å². The first-order valence-corrected chi connectivity index (χ1v) is 7.37. The molecule has 1 aromatic carbocycles. The minimum Gasteiger partial charge on any atom is -0.378 e. The molecule has 0 atom stereocenters. The van der Waals surface area contributed by atoms with Gasteiger partial charge in [-0.15, -0.1) is 11.3 Å². The van der Waals surface area contributed by atoms with Crippen molar-refractivity contribution in [2.75, 3.05) is 12.4 Å². The van der Waals surface area contributed by atoms with E-state index < -0.39 is 0 Å². The maximum atomic E-state index is 6.19. The topological polar surface area (TPSA) is 37.8 Å². The number of fused-ring (bicyclic) bond motifs is 1. The van der Waals surface area contributed by atoms with E-state index in [0.717, 1.165) is 36.5 Å². The van der Waals surface area contributed by atoms with Gasteiger partial charge in [-0.1, -0.05) is 17.7 Å². The number of nitrogens with zero attached hydrogens (tertiary/aromatic N) is 2. The van der Waals surface area contributed by atoms with E-state index in [1.807, 2.05) is 32.2 Å². The number of hydrogen-bond donors (Lipinski definition) is 1. The second kappa shape index (κ2) is 4.50. The Morgan fingerprint density at radius 3 is 2.89 bits per heavy atom. The number of aromatic nitrogens is 2. The zero-order valence-corrected chi connectivity index (χ0v) is 12.2. The number of aryl methyl sites for hydroxylation is 1. The van der Waals surface area contributed by atoms with E-state index in [1.165, 1.54) is 11.5 Å². The zero-order valence-electron chi connectivity index (χ0n) is 9.82. The standard InChI is InChI=1S/C12H10ClN3S2/c1-6-9(11(14-2)18-16-6)12-15-8-5-3-4-7(13)10(8)17-12/h3-5,14H,1-2H3. The van der Waals surface area contributed by atoms with E-state index in [1.54, 1.807) is 11.3 Å². The quantitative estimate of drug-likeness (QED) is 0.760. The first-order chi connectivity index (χ1) is 8.70. The van der Waals surface area contributed by atoms with Crippen molar-refractivity contribution >= 4 is 49.7 Å². The molecule has 0 fully saturated rings. The Kier molecular flexibility index (Phi) is 2.97. The van der Waals surface area contributed by atoms with Crippen LogP contribution in [0.25, 0.3) is 20.8 Å². The van der Waals surface area contributed by atoms with Crippen LogP contribution in [0.15, 0.2) is 18.2 Å². The summed E-state index contributed by atoms with van der Waals surface area (Å²) >= 11 is 9.25. The Morgan fingerprint density at radius 1 is 1.33 bits per heavy atom. The van der Waals surface area contributed by atoms with Gasteiger partial charge in [0.15, 0.2) is 0 Å². The summed E-state index contributed by atoms with van der Waals surface area (Å²) in [6.07, 6.45) is 0. The number of anilines is 1. The largest absolute Gasteiger partial charge is 0.378 e. The van der Waals surface area contributed by atoms with Crippen LogP contribution in [0.3, 0.4) is 0 Å². The fourth-order valence-electron chi connectivity index (χ4n) is 1.81. The maximum Gasteiger partial charge on any atom is 0.129 e. The van der Waals surface area contributed by atoms with Crippen LogP contribution in [0.1, 0.15) is 5.69 Å². The SMILES string of the molecule is CNc1snc(C)c1-c1nc2cccc(Cl)c2s1. The Hall–Kier alpha value is -1.17. The smallest absolute Gasteiger partial charge is 0.129 e. The van der Waals surface area contributed by atoms with E-state index >= 15 is 0 Å². The molecule has 6 heteroatoms. The van der Waals surface area contributed by atoms with Crippen molar-refractivity contribution in [1.29, 1.82) is 0 Å². The summed E-state index contributed by atoms with van der Waals surface area (Å²) in [6.45, 7) is 2.00. The highest BCUT2D eigenvalue weighted by molar-refractivity contribution is 7.22. The van der Waals surface area contributed by atoms with Gasteiger partial charge in [-0.3, -0.25) is 0 Å². The van der Waals surface area contributed by atoms with E-state index in [9.17, 15) is 0 Å². The first kappa shape index (κ1) is 11.9. The fourth-order valence-corrected chi connectivity index (χ4v) is 3.98. The second-order valence-electron chi connectivity index (χ2n) is 3.83. The molecule has 0 spiro atoms. The highest BCUT2D eigenvalue weighted by Crippen LogP contribution is 2.40. The molecule has 2 heterocycles. The van der Waals surface area contributed by atoms with Crippen molar-refractivity contribution in [3.05, 3.63) is 28.9 Å². The molecule has 0 aliphatic heterocycles. The van der Waals surface area contributed by atoms with Gasteiger partial charge < -0.3 is 5.32 Å². The average Bonchev–Trinajstić information content (AvgIpc) is 2.92. The van der Waals surface area contributed by atoms with Crippen LogP contribution < -0.4 is 5.32 Å². The molecular formula is C12H10ClN3S2. The number of nitrogens with one attached hydrogen (secondary N) is 1. The highest BCUT2D eigenvalue weighted by atomic mass is 35.5. The van der Waals surface area contributed by atoms with Crippen LogP contribution in [0.2, 0.25) is 5.02 Å². The van der Waals surface area contributed by atoms with Crippen molar-refractivity contribution in [1.82, 2.24) is 9.36 Å². The van der Waals surface area contributed by atoms with E-state index in [0.29, 0.717) is 0 Å². The molecule has 92 valence electrons. The number of rotatable bonds is 2. The van der Waals surface area contributed by atoms with Gasteiger partial charge in [-0.2, -0.15) is 4.37 Å². The molecule has 3 nitrogen and oxygen atoms in total. The Bertz CT molecular complexity index is 717. The van der Waals surface area contributed by atoms with Crippen molar-refractivity contribution in [2.45, 2.75) is 6.92 Å². The molecular weight excluding hydrogens is 286 g/mol. The fraction of sp³-hybridized carbons (Fsp3) is 0.167. The Balaban J connectivity index is 2.26. The predicted molar refractivity (Wildman–Crippen MR) is 80.0 cm³/mol. The minimum absolute atomic E-state index is 0.753. The van der Waals surface area contributed by atoms with E-state index in [-0.39, 0.29) is 0 Å². The lowest BCUT2D eigenvalue weighted by molar-refractivity contribution is 1.33. The molecule has 18 heavy (non-hydrogen) atoms. The maximum absolute atomic E-state index is 6.19. The van der Waals surface area contributed by atoms with Gasteiger partial charge >= 0.3 is 0 Å². The summed E-state index contributed by atoms with van der Waals surface area (Å²) in [7, 11) is 1.90. The Morgan fingerprint density at radius 2 is 2.17 bits per heavy atom. The summed E-state index contributed by atoms with van der Waals surface area (Å²) in [5.74, 6) is 0. The first-order valence-electron chi connectivity index (χ1n) is 5.40. The van der Waals surface area contributed by atoms with Crippen molar-refractivity contribution < 1.29 is 0 Å². The van der Waals surface area contributed by atoms with Gasteiger partial charge in [0.1, 0.15) is 10.0 Å². The molecule has 2 aromatic heterocycles. The van der Waals surface area contributed by atoms with Gasteiger partial charge in [0.2, 0.25) is 0 Å². The minimum atomic E-state index is 0.753. The van der Waals surface area contributed by atoms with Gasteiger partial charge in [-0.25, -0.2) is 4.98 Å². The summed E-state index contributed by atoms with van der Waals surface area (Å²) in [5.41, 5.74) is 3.02. The van der Waals surface area contributed by atoms with Crippen LogP contribution in [-0.2, 0) is 0 Å². The van der Waals surface area contributed by atoms with Crippen LogP contribution in [-0.4, -0.2) is 16.4 Å². The third kappa shape index (κ3) is 1.79. The normalized spacial score (nSPS) is 11.1. The summed E-state index contributed by atoms with van der Waals surface area (Å²) in [5, 5.41) is 5.93. The molecule has 0 saturated heterocycles. The molecule has 3 aromatic rings. The van der Waals surface area contributed by atoms with E-state index in [4.69, 9.17) is 11.6 Å². The molecule has 3 rings (SSSR count). The van der Waals surface area contributed by atoms with Crippen molar-refractivity contribution in [3.8, 4) is 10.6 Å². The van der Waals surface area contributed by atoms with E-state index in [2.05, 4.69) is 14.7 Å². The zero-order chi connectivity index (χ0) is 12.7. The summed E-state index contributed by atoms with van der Waals surface area (Å²) in [4.78, 5) is 4.65. The van der Waals surface area contributed by atoms with Crippen LogP contribution in [0, 0.1) is 6.92 Å². The lowest BCUT2D eigenvalue weighted by Crippen LogP contribution is -1.87. The monoisotopic (exact) mass is 295 g/mol. The molecule has 0 radical (unpaired) electrons. The molecule has 0 aliphatic carbocycles. The van der Waals surface area contributed by atoms with Gasteiger partial charge in [0, 0.05) is 7.05 Å². The number of hydrogen-bond acceptors (Lipinski definition) is 5. The Labute approximate surface area is 118 Å². The van der Waals surface area contributed by atoms with Gasteiger partial charge in [0.25, 0.3) is 0 Å².